The van der Waals surface area contributed by atoms with E-state index in [9.17, 15) is 15.0 Å². The molecule has 0 unspecified atom stereocenters. The molecule has 0 aromatic rings. The van der Waals surface area contributed by atoms with E-state index in [0.29, 0.717) is 12.8 Å². The van der Waals surface area contributed by atoms with Crippen LogP contribution in [0, 0.1) is 0 Å². The first kappa shape index (κ1) is 39.1. The summed E-state index contributed by atoms with van der Waals surface area (Å²) in [6.45, 7) is 4.46. The van der Waals surface area contributed by atoms with Gasteiger partial charge in [-0.25, -0.2) is 0 Å². The largest absolute Gasteiger partial charge is 0.481 e. The van der Waals surface area contributed by atoms with E-state index >= 15 is 0 Å². The molecule has 238 valence electrons. The molecule has 4 heteroatoms. The van der Waals surface area contributed by atoms with Gasteiger partial charge in [-0.1, -0.05) is 160 Å². The van der Waals surface area contributed by atoms with Gasteiger partial charge in [-0.15, -0.1) is 0 Å². The van der Waals surface area contributed by atoms with Gasteiger partial charge in [0, 0.05) is 19.3 Å². The van der Waals surface area contributed by atoms with Gasteiger partial charge in [0.1, 0.15) is 0 Å². The van der Waals surface area contributed by atoms with Crippen LogP contribution >= 0.6 is 0 Å². The number of hydrogen-bond acceptors (Lipinski definition) is 3. The number of allylic oxidation sites excluding steroid dienone is 1. The van der Waals surface area contributed by atoms with Crippen LogP contribution in [-0.2, 0) is 4.79 Å². The number of carboxylic acid groups (broad SMARTS) is 1. The second-order valence-electron chi connectivity index (χ2n) is 12.6. The number of rotatable bonds is 32. The van der Waals surface area contributed by atoms with Crippen LogP contribution in [0.4, 0.5) is 0 Å². The van der Waals surface area contributed by atoms with Crippen LogP contribution in [-0.4, -0.2) is 27.1 Å². The number of unbranched alkanes of at least 4 members (excludes halogenated alkanes) is 22. The Labute approximate surface area is 249 Å². The summed E-state index contributed by atoms with van der Waals surface area (Å²) in [4.78, 5) is 10.7. The third-order valence-electron chi connectivity index (χ3n) is 8.39. The van der Waals surface area contributed by atoms with Crippen LogP contribution in [0.3, 0.4) is 0 Å². The molecule has 0 fully saturated rings. The second-order valence-corrected chi connectivity index (χ2v) is 12.6. The lowest BCUT2D eigenvalue weighted by Crippen LogP contribution is -2.27. The fourth-order valence-corrected chi connectivity index (χ4v) is 5.63. The highest BCUT2D eigenvalue weighted by Gasteiger charge is 2.20. The highest BCUT2D eigenvalue weighted by atomic mass is 16.5. The van der Waals surface area contributed by atoms with Crippen molar-refractivity contribution in [3.63, 3.8) is 0 Å². The Bertz CT molecular complexity index is 569. The second kappa shape index (κ2) is 29.6. The molecule has 0 aromatic heterocycles. The molecule has 40 heavy (non-hydrogen) atoms. The van der Waals surface area contributed by atoms with Gasteiger partial charge in [-0.05, 0) is 38.5 Å². The Morgan fingerprint density at radius 2 is 0.825 bits per heavy atom. The molecule has 0 atom stereocenters. The van der Waals surface area contributed by atoms with Crippen molar-refractivity contribution in [2.24, 2.45) is 0 Å². The summed E-state index contributed by atoms with van der Waals surface area (Å²) in [5.74, 6) is -2.28. The third-order valence-corrected chi connectivity index (χ3v) is 8.39. The van der Waals surface area contributed by atoms with Crippen molar-refractivity contribution in [3.05, 3.63) is 11.6 Å². The van der Waals surface area contributed by atoms with Crippen LogP contribution < -0.4 is 0 Å². The van der Waals surface area contributed by atoms with Crippen molar-refractivity contribution in [2.75, 3.05) is 0 Å². The monoisotopic (exact) mass is 567 g/mol. The van der Waals surface area contributed by atoms with E-state index in [1.54, 1.807) is 0 Å². The maximum absolute atomic E-state index is 10.7. The normalized spacial score (nSPS) is 12.3. The minimum atomic E-state index is -1.58. The van der Waals surface area contributed by atoms with Gasteiger partial charge in [0.15, 0.2) is 5.79 Å². The molecule has 4 nitrogen and oxygen atoms in total. The molecule has 0 aliphatic heterocycles. The molecule has 0 rings (SSSR count). The van der Waals surface area contributed by atoms with Crippen molar-refractivity contribution in [2.45, 2.75) is 212 Å². The molecule has 0 aliphatic carbocycles. The van der Waals surface area contributed by atoms with Crippen LogP contribution in [0.2, 0.25) is 0 Å². The molecule has 0 aliphatic rings. The maximum atomic E-state index is 10.7. The summed E-state index contributed by atoms with van der Waals surface area (Å²) in [5.41, 5.74) is 1.39. The standard InChI is InChI=1S/C36H70O4/c1-3-5-7-9-10-11-12-13-14-15-16-17-18-19-21-24-28-34(29-25-22-20-23-26-30-35(37)38)31-33-36(39,40)32-27-8-6-4-2/h31,39-40H,3-30,32-33H2,1-2H3,(H,37,38)/b34-31-. The molecule has 0 amide bonds. The Hall–Kier alpha value is -0.870. The predicted molar refractivity (Wildman–Crippen MR) is 173 cm³/mol. The topological polar surface area (TPSA) is 77.8 Å². The van der Waals surface area contributed by atoms with Crippen LogP contribution in [0.1, 0.15) is 206 Å². The van der Waals surface area contributed by atoms with Crippen molar-refractivity contribution in [1.29, 1.82) is 0 Å². The average Bonchev–Trinajstić information content (AvgIpc) is 2.92. The average molecular weight is 567 g/mol. The van der Waals surface area contributed by atoms with Crippen LogP contribution in [0.25, 0.3) is 0 Å². The van der Waals surface area contributed by atoms with Gasteiger partial charge in [0.2, 0.25) is 0 Å². The highest BCUT2D eigenvalue weighted by Crippen LogP contribution is 2.23. The Morgan fingerprint density at radius 3 is 1.20 bits per heavy atom. The lowest BCUT2D eigenvalue weighted by molar-refractivity contribution is -0.163. The lowest BCUT2D eigenvalue weighted by atomic mass is 9.96. The van der Waals surface area contributed by atoms with Crippen LogP contribution in [0.5, 0.6) is 0 Å². The summed E-state index contributed by atoms with van der Waals surface area (Å²) in [6.07, 6.45) is 36.7. The molecule has 3 N–H and O–H groups in total. The van der Waals surface area contributed by atoms with Crippen molar-refractivity contribution < 1.29 is 20.1 Å². The van der Waals surface area contributed by atoms with E-state index in [1.165, 1.54) is 108 Å². The van der Waals surface area contributed by atoms with Gasteiger partial charge in [0.05, 0.1) is 0 Å². The molecule has 0 saturated carbocycles. The molecule has 0 radical (unpaired) electrons. The van der Waals surface area contributed by atoms with Crippen molar-refractivity contribution in [1.82, 2.24) is 0 Å². The SMILES string of the molecule is CCCCCCCCCCCCCCCCCC/C(=C/CC(O)(O)CCCCCC)CCCCCCCC(=O)O. The van der Waals surface area contributed by atoms with Crippen molar-refractivity contribution >= 4 is 5.97 Å². The van der Waals surface area contributed by atoms with E-state index in [-0.39, 0.29) is 6.42 Å². The zero-order valence-electron chi connectivity index (χ0n) is 27.0. The minimum Gasteiger partial charge on any atom is -0.481 e. The predicted octanol–water partition coefficient (Wildman–Crippen LogP) is 11.4. The van der Waals surface area contributed by atoms with Crippen molar-refractivity contribution in [3.8, 4) is 0 Å². The summed E-state index contributed by atoms with van der Waals surface area (Å²) in [6, 6.07) is 0. The zero-order valence-corrected chi connectivity index (χ0v) is 27.0. The van der Waals surface area contributed by atoms with Gasteiger partial charge in [-0.2, -0.15) is 0 Å². The van der Waals surface area contributed by atoms with Gasteiger partial charge in [-0.3, -0.25) is 4.79 Å². The molecular weight excluding hydrogens is 496 g/mol. The van der Waals surface area contributed by atoms with E-state index < -0.39 is 11.8 Å². The highest BCUT2D eigenvalue weighted by molar-refractivity contribution is 5.66. The first-order valence-electron chi connectivity index (χ1n) is 17.8. The number of carbonyl (C=O) groups is 1. The number of aliphatic hydroxyl groups is 2. The molecule has 0 spiro atoms. The van der Waals surface area contributed by atoms with E-state index in [4.69, 9.17) is 5.11 Å². The fourth-order valence-electron chi connectivity index (χ4n) is 5.63. The van der Waals surface area contributed by atoms with Crippen LogP contribution in [0.15, 0.2) is 11.6 Å². The molecule has 0 aromatic carbocycles. The summed E-state index contributed by atoms with van der Waals surface area (Å²) in [7, 11) is 0. The molecule has 0 heterocycles. The summed E-state index contributed by atoms with van der Waals surface area (Å²) < 4.78 is 0. The minimum absolute atomic E-state index is 0.276. The van der Waals surface area contributed by atoms with E-state index in [2.05, 4.69) is 19.9 Å². The summed E-state index contributed by atoms with van der Waals surface area (Å²) >= 11 is 0. The lowest BCUT2D eigenvalue weighted by Gasteiger charge is -2.21. The molecule has 0 bridgehead atoms. The third kappa shape index (κ3) is 30.1. The first-order valence-corrected chi connectivity index (χ1v) is 17.8. The summed E-state index contributed by atoms with van der Waals surface area (Å²) in [5, 5.41) is 29.7. The number of hydrogen-bond donors (Lipinski definition) is 3. The zero-order chi connectivity index (χ0) is 29.6. The van der Waals surface area contributed by atoms with E-state index in [1.807, 2.05) is 0 Å². The first-order chi connectivity index (χ1) is 19.4. The van der Waals surface area contributed by atoms with E-state index in [0.717, 1.165) is 70.6 Å². The Balaban J connectivity index is 4.08. The maximum Gasteiger partial charge on any atom is 0.303 e. The fraction of sp³-hybridized carbons (Fsp3) is 0.917. The molecule has 0 saturated heterocycles. The smallest absolute Gasteiger partial charge is 0.303 e. The van der Waals surface area contributed by atoms with Gasteiger partial charge in [0.25, 0.3) is 0 Å². The molecular formula is C36H70O4. The Morgan fingerprint density at radius 1 is 0.500 bits per heavy atom. The Kier molecular flexibility index (Phi) is 29.0. The van der Waals surface area contributed by atoms with Gasteiger partial charge < -0.3 is 15.3 Å². The number of carboxylic acids is 1. The number of aliphatic carboxylic acids is 1. The van der Waals surface area contributed by atoms with Gasteiger partial charge >= 0.3 is 5.97 Å². The quantitative estimate of drug-likeness (QED) is 0.0430.